The molecule has 6 heteroatoms. The van der Waals surface area contributed by atoms with Gasteiger partial charge in [-0.05, 0) is 19.1 Å². The van der Waals surface area contributed by atoms with Gasteiger partial charge < -0.3 is 19.5 Å². The van der Waals surface area contributed by atoms with Crippen LogP contribution in [-0.2, 0) is 14.3 Å². The van der Waals surface area contributed by atoms with E-state index in [4.69, 9.17) is 14.6 Å². The van der Waals surface area contributed by atoms with Crippen molar-refractivity contribution < 1.29 is 24.2 Å². The Morgan fingerprint density at radius 3 is 2.50 bits per heavy atom. The van der Waals surface area contributed by atoms with Gasteiger partial charge >= 0.3 is 5.97 Å². The summed E-state index contributed by atoms with van der Waals surface area (Å²) in [5.74, 6) is -0.884. The second kappa shape index (κ2) is 8.16. The summed E-state index contributed by atoms with van der Waals surface area (Å²) in [6, 6.07) is 8.91. The van der Waals surface area contributed by atoms with Gasteiger partial charge in [-0.3, -0.25) is 9.59 Å². The number of carbonyl (C=O) groups excluding carboxylic acids is 1. The number of para-hydroxylation sites is 1. The van der Waals surface area contributed by atoms with Gasteiger partial charge in [0, 0.05) is 13.7 Å². The number of methoxy groups -OCH3 is 1. The molecule has 110 valence electrons. The molecule has 1 amide bonds. The number of nitrogens with zero attached hydrogens (tertiary/aromatic N) is 1. The molecule has 1 rings (SSSR count). The lowest BCUT2D eigenvalue weighted by Crippen LogP contribution is -2.44. The van der Waals surface area contributed by atoms with Gasteiger partial charge in [0.15, 0.2) is 6.10 Å². The first kappa shape index (κ1) is 16.0. The number of ether oxygens (including phenoxy) is 2. The molecule has 0 fully saturated rings. The summed E-state index contributed by atoms with van der Waals surface area (Å²) in [4.78, 5) is 24.2. The van der Waals surface area contributed by atoms with Crippen molar-refractivity contribution in [3.8, 4) is 5.75 Å². The SMILES string of the molecule is COCCN(CC(=O)O)C(=O)C(C)Oc1ccccc1. The number of benzene rings is 1. The van der Waals surface area contributed by atoms with Crippen LogP contribution in [0.1, 0.15) is 6.92 Å². The summed E-state index contributed by atoms with van der Waals surface area (Å²) >= 11 is 0. The molecule has 0 saturated carbocycles. The molecule has 0 aliphatic heterocycles. The Kier molecular flexibility index (Phi) is 6.52. The lowest BCUT2D eigenvalue weighted by molar-refractivity contribution is -0.148. The molecule has 0 bridgehead atoms. The predicted octanol–water partition coefficient (Wildman–Crippen LogP) is 1.01. The molecule has 1 aromatic rings. The number of carboxylic acids is 1. The molecule has 1 atom stereocenters. The molecule has 0 heterocycles. The Hall–Kier alpha value is -2.08. The predicted molar refractivity (Wildman–Crippen MR) is 72.6 cm³/mol. The average Bonchev–Trinajstić information content (AvgIpc) is 2.43. The lowest BCUT2D eigenvalue weighted by atomic mass is 10.3. The molecule has 1 unspecified atom stereocenters. The minimum atomic E-state index is -1.07. The number of hydrogen-bond acceptors (Lipinski definition) is 4. The molecule has 0 aromatic heterocycles. The monoisotopic (exact) mass is 281 g/mol. The zero-order valence-electron chi connectivity index (χ0n) is 11.6. The Balaban J connectivity index is 2.64. The van der Waals surface area contributed by atoms with E-state index < -0.39 is 12.1 Å². The average molecular weight is 281 g/mol. The van der Waals surface area contributed by atoms with E-state index in [1.807, 2.05) is 6.07 Å². The van der Waals surface area contributed by atoms with Crippen molar-refractivity contribution in [1.29, 1.82) is 0 Å². The van der Waals surface area contributed by atoms with Crippen molar-refractivity contribution in [1.82, 2.24) is 4.90 Å². The van der Waals surface area contributed by atoms with E-state index in [1.54, 1.807) is 31.2 Å². The van der Waals surface area contributed by atoms with Crippen LogP contribution in [0.25, 0.3) is 0 Å². The fourth-order valence-electron chi connectivity index (χ4n) is 1.64. The largest absolute Gasteiger partial charge is 0.481 e. The molecule has 0 saturated heterocycles. The number of hydrogen-bond donors (Lipinski definition) is 1. The third-order valence-electron chi connectivity index (χ3n) is 2.61. The smallest absolute Gasteiger partial charge is 0.323 e. The highest BCUT2D eigenvalue weighted by Crippen LogP contribution is 2.12. The zero-order chi connectivity index (χ0) is 15.0. The van der Waals surface area contributed by atoms with Crippen molar-refractivity contribution in [2.24, 2.45) is 0 Å². The van der Waals surface area contributed by atoms with E-state index in [0.29, 0.717) is 5.75 Å². The summed E-state index contributed by atoms with van der Waals surface area (Å²) in [5, 5.41) is 8.83. The van der Waals surface area contributed by atoms with Crippen LogP contribution >= 0.6 is 0 Å². The Morgan fingerprint density at radius 2 is 1.95 bits per heavy atom. The molecule has 6 nitrogen and oxygen atoms in total. The Bertz CT molecular complexity index is 434. The standard InChI is InChI=1S/C14H19NO5/c1-11(20-12-6-4-3-5-7-12)14(18)15(8-9-19-2)10-13(16)17/h3-7,11H,8-10H2,1-2H3,(H,16,17). The summed E-state index contributed by atoms with van der Waals surface area (Å²) < 4.78 is 10.4. The molecular formula is C14H19NO5. The van der Waals surface area contributed by atoms with Gasteiger partial charge in [-0.2, -0.15) is 0 Å². The zero-order valence-corrected chi connectivity index (χ0v) is 11.6. The van der Waals surface area contributed by atoms with Crippen LogP contribution in [0, 0.1) is 0 Å². The van der Waals surface area contributed by atoms with Crippen molar-refractivity contribution in [2.75, 3.05) is 26.8 Å². The van der Waals surface area contributed by atoms with Gasteiger partial charge in [0.1, 0.15) is 12.3 Å². The van der Waals surface area contributed by atoms with Crippen LogP contribution in [0.5, 0.6) is 5.75 Å². The van der Waals surface area contributed by atoms with E-state index in [0.717, 1.165) is 0 Å². The first-order chi connectivity index (χ1) is 9.54. The first-order valence-electron chi connectivity index (χ1n) is 6.25. The van der Waals surface area contributed by atoms with Crippen molar-refractivity contribution >= 4 is 11.9 Å². The van der Waals surface area contributed by atoms with Gasteiger partial charge in [-0.25, -0.2) is 0 Å². The van der Waals surface area contributed by atoms with Crippen LogP contribution in [0.15, 0.2) is 30.3 Å². The van der Waals surface area contributed by atoms with Crippen LogP contribution in [0.3, 0.4) is 0 Å². The first-order valence-corrected chi connectivity index (χ1v) is 6.25. The van der Waals surface area contributed by atoms with E-state index in [2.05, 4.69) is 0 Å². The Morgan fingerprint density at radius 1 is 1.30 bits per heavy atom. The maximum Gasteiger partial charge on any atom is 0.323 e. The minimum absolute atomic E-state index is 0.212. The fourth-order valence-corrected chi connectivity index (χ4v) is 1.64. The number of carboxylic acid groups (broad SMARTS) is 1. The maximum atomic E-state index is 12.2. The quantitative estimate of drug-likeness (QED) is 0.769. The van der Waals surface area contributed by atoms with Crippen molar-refractivity contribution in [2.45, 2.75) is 13.0 Å². The third-order valence-corrected chi connectivity index (χ3v) is 2.61. The lowest BCUT2D eigenvalue weighted by Gasteiger charge is -2.24. The van der Waals surface area contributed by atoms with Gasteiger partial charge in [0.25, 0.3) is 5.91 Å². The normalized spacial score (nSPS) is 11.7. The van der Waals surface area contributed by atoms with E-state index in [-0.39, 0.29) is 25.6 Å². The van der Waals surface area contributed by atoms with E-state index in [1.165, 1.54) is 12.0 Å². The molecule has 0 spiro atoms. The van der Waals surface area contributed by atoms with Gasteiger partial charge in [0.2, 0.25) is 0 Å². The highest BCUT2D eigenvalue weighted by molar-refractivity contribution is 5.84. The summed E-state index contributed by atoms with van der Waals surface area (Å²) in [5.41, 5.74) is 0. The maximum absolute atomic E-state index is 12.2. The summed E-state index contributed by atoms with van der Waals surface area (Å²) in [6.07, 6.45) is -0.756. The molecule has 0 aliphatic rings. The molecule has 0 aliphatic carbocycles. The fraction of sp³-hybridized carbons (Fsp3) is 0.429. The highest BCUT2D eigenvalue weighted by atomic mass is 16.5. The molecule has 0 radical (unpaired) electrons. The van der Waals surface area contributed by atoms with Crippen LogP contribution in [0.2, 0.25) is 0 Å². The van der Waals surface area contributed by atoms with Gasteiger partial charge in [0.05, 0.1) is 6.61 Å². The van der Waals surface area contributed by atoms with Gasteiger partial charge in [-0.15, -0.1) is 0 Å². The molecule has 1 N–H and O–H groups in total. The molecular weight excluding hydrogens is 262 g/mol. The summed E-state index contributed by atoms with van der Waals surface area (Å²) in [6.45, 7) is 1.71. The van der Waals surface area contributed by atoms with Gasteiger partial charge in [-0.1, -0.05) is 18.2 Å². The van der Waals surface area contributed by atoms with Crippen LogP contribution < -0.4 is 4.74 Å². The van der Waals surface area contributed by atoms with Crippen molar-refractivity contribution in [3.05, 3.63) is 30.3 Å². The van der Waals surface area contributed by atoms with Crippen LogP contribution in [-0.4, -0.2) is 54.8 Å². The van der Waals surface area contributed by atoms with Crippen molar-refractivity contribution in [3.63, 3.8) is 0 Å². The second-order valence-electron chi connectivity index (χ2n) is 4.22. The molecule has 20 heavy (non-hydrogen) atoms. The van der Waals surface area contributed by atoms with E-state index >= 15 is 0 Å². The van der Waals surface area contributed by atoms with E-state index in [9.17, 15) is 9.59 Å². The molecule has 1 aromatic carbocycles. The number of rotatable bonds is 8. The summed E-state index contributed by atoms with van der Waals surface area (Å²) in [7, 11) is 1.49. The second-order valence-corrected chi connectivity index (χ2v) is 4.22. The number of aliphatic carboxylic acids is 1. The van der Waals surface area contributed by atoms with Crippen LogP contribution in [0.4, 0.5) is 0 Å². The number of amides is 1. The Labute approximate surface area is 117 Å². The topological polar surface area (TPSA) is 76.1 Å². The number of carbonyl (C=O) groups is 2. The third kappa shape index (κ3) is 5.27. The minimum Gasteiger partial charge on any atom is -0.481 e. The highest BCUT2D eigenvalue weighted by Gasteiger charge is 2.23.